The fraction of sp³-hybridized carbons (Fsp3) is 0.526. The maximum atomic E-state index is 12.0. The standard InChI is InChI=1S/C19H25NO4/c1-2-24-19(22)17-11-20-10-15(18(17)21)8-9-16(20)13-23-12-14-6-4-3-5-7-14/h3-7,15-16,21H,2,8-13H2,1H3/t15-,16-/m0/s1. The third-order valence-electron chi connectivity index (χ3n) is 4.82. The van der Waals surface area contributed by atoms with E-state index in [1.54, 1.807) is 6.92 Å². The number of aliphatic hydroxyl groups excluding tert-OH is 1. The van der Waals surface area contributed by atoms with Gasteiger partial charge in [0.25, 0.3) is 0 Å². The van der Waals surface area contributed by atoms with Gasteiger partial charge >= 0.3 is 5.97 Å². The predicted octanol–water partition coefficient (Wildman–Crippen LogP) is 2.67. The van der Waals surface area contributed by atoms with Crippen LogP contribution in [0.25, 0.3) is 0 Å². The molecule has 130 valence electrons. The Bertz CT molecular complexity index is 599. The third-order valence-corrected chi connectivity index (χ3v) is 4.82. The fourth-order valence-electron chi connectivity index (χ4n) is 3.51. The van der Waals surface area contributed by atoms with Crippen molar-refractivity contribution in [2.45, 2.75) is 32.4 Å². The summed E-state index contributed by atoms with van der Waals surface area (Å²) in [6.45, 7) is 4.57. The van der Waals surface area contributed by atoms with Gasteiger partial charge in [0.05, 0.1) is 25.4 Å². The summed E-state index contributed by atoms with van der Waals surface area (Å²) in [5, 5.41) is 10.3. The predicted molar refractivity (Wildman–Crippen MR) is 90.5 cm³/mol. The molecule has 0 amide bonds. The van der Waals surface area contributed by atoms with E-state index in [1.165, 1.54) is 0 Å². The molecule has 1 fully saturated rings. The quantitative estimate of drug-likeness (QED) is 0.812. The van der Waals surface area contributed by atoms with Crippen LogP contribution in [-0.4, -0.2) is 48.3 Å². The molecule has 3 rings (SSSR count). The average Bonchev–Trinajstić information content (AvgIpc) is 2.60. The van der Waals surface area contributed by atoms with Crippen LogP contribution in [0.15, 0.2) is 41.7 Å². The molecule has 2 bridgehead atoms. The summed E-state index contributed by atoms with van der Waals surface area (Å²) in [4.78, 5) is 14.3. The number of ether oxygens (including phenoxy) is 2. The van der Waals surface area contributed by atoms with Gasteiger partial charge in [-0.05, 0) is 25.3 Å². The zero-order chi connectivity index (χ0) is 16.9. The number of hydrogen-bond donors (Lipinski definition) is 1. The number of esters is 1. The first-order chi connectivity index (χ1) is 11.7. The van der Waals surface area contributed by atoms with Crippen LogP contribution in [0.3, 0.4) is 0 Å². The van der Waals surface area contributed by atoms with E-state index in [0.29, 0.717) is 31.9 Å². The van der Waals surface area contributed by atoms with Crippen molar-refractivity contribution in [1.29, 1.82) is 0 Å². The van der Waals surface area contributed by atoms with Gasteiger partial charge in [-0.25, -0.2) is 4.79 Å². The Morgan fingerprint density at radius 1 is 1.29 bits per heavy atom. The van der Waals surface area contributed by atoms with Crippen molar-refractivity contribution >= 4 is 5.97 Å². The highest BCUT2D eigenvalue weighted by molar-refractivity contribution is 5.89. The van der Waals surface area contributed by atoms with E-state index in [9.17, 15) is 9.90 Å². The number of nitrogens with zero attached hydrogens (tertiary/aromatic N) is 1. The second kappa shape index (κ2) is 7.81. The monoisotopic (exact) mass is 331 g/mol. The molecule has 0 radical (unpaired) electrons. The zero-order valence-corrected chi connectivity index (χ0v) is 14.1. The lowest BCUT2D eigenvalue weighted by Gasteiger charge is -2.43. The number of rotatable bonds is 6. The van der Waals surface area contributed by atoms with Gasteiger partial charge in [0.2, 0.25) is 0 Å². The Labute approximate surface area is 142 Å². The minimum absolute atomic E-state index is 0.0449. The highest BCUT2D eigenvalue weighted by Crippen LogP contribution is 2.33. The molecule has 0 spiro atoms. The fourth-order valence-corrected chi connectivity index (χ4v) is 3.51. The molecule has 2 heterocycles. The first kappa shape index (κ1) is 17.0. The molecule has 2 aliphatic rings. The number of carbonyl (C=O) groups is 1. The minimum atomic E-state index is -0.393. The Balaban J connectivity index is 1.58. The lowest BCUT2D eigenvalue weighted by molar-refractivity contribution is -0.139. The van der Waals surface area contributed by atoms with E-state index < -0.39 is 5.97 Å². The van der Waals surface area contributed by atoms with E-state index in [0.717, 1.165) is 24.9 Å². The van der Waals surface area contributed by atoms with Crippen LogP contribution in [0.1, 0.15) is 25.3 Å². The summed E-state index contributed by atoms with van der Waals surface area (Å²) in [6, 6.07) is 10.4. The molecule has 2 aliphatic heterocycles. The van der Waals surface area contributed by atoms with E-state index in [4.69, 9.17) is 9.47 Å². The molecule has 0 aliphatic carbocycles. The summed E-state index contributed by atoms with van der Waals surface area (Å²) < 4.78 is 11.0. The van der Waals surface area contributed by atoms with Gasteiger partial charge in [-0.3, -0.25) is 4.90 Å². The smallest absolute Gasteiger partial charge is 0.338 e. The van der Waals surface area contributed by atoms with Crippen molar-refractivity contribution in [1.82, 2.24) is 4.90 Å². The normalized spacial score (nSPS) is 26.3. The molecule has 1 saturated heterocycles. The first-order valence-electron chi connectivity index (χ1n) is 8.64. The molecule has 1 aromatic carbocycles. The Morgan fingerprint density at radius 3 is 2.83 bits per heavy atom. The number of hydrogen-bond acceptors (Lipinski definition) is 5. The minimum Gasteiger partial charge on any atom is -0.511 e. The van der Waals surface area contributed by atoms with Crippen molar-refractivity contribution in [2.75, 3.05) is 26.3 Å². The molecular weight excluding hydrogens is 306 g/mol. The molecule has 0 saturated carbocycles. The summed E-state index contributed by atoms with van der Waals surface area (Å²) in [7, 11) is 0. The Kier molecular flexibility index (Phi) is 5.53. The summed E-state index contributed by atoms with van der Waals surface area (Å²) in [5.41, 5.74) is 1.58. The van der Waals surface area contributed by atoms with Gasteiger partial charge in [0.15, 0.2) is 0 Å². The van der Waals surface area contributed by atoms with E-state index >= 15 is 0 Å². The maximum absolute atomic E-state index is 12.0. The molecule has 5 heteroatoms. The van der Waals surface area contributed by atoms with Crippen LogP contribution in [0.4, 0.5) is 0 Å². The second-order valence-electron chi connectivity index (χ2n) is 6.44. The number of carbonyl (C=O) groups excluding carboxylic acids is 1. The molecular formula is C19H25NO4. The topological polar surface area (TPSA) is 59.0 Å². The number of piperidine rings is 1. The van der Waals surface area contributed by atoms with Crippen molar-refractivity contribution < 1.29 is 19.4 Å². The lowest BCUT2D eigenvalue weighted by atomic mass is 9.85. The van der Waals surface area contributed by atoms with Gasteiger partial charge in [-0.15, -0.1) is 0 Å². The Hall–Kier alpha value is -1.85. The number of aliphatic hydroxyl groups is 1. The van der Waals surface area contributed by atoms with Gasteiger partial charge < -0.3 is 14.6 Å². The molecule has 5 nitrogen and oxygen atoms in total. The van der Waals surface area contributed by atoms with Crippen molar-refractivity contribution in [3.8, 4) is 0 Å². The van der Waals surface area contributed by atoms with Gasteiger partial charge in [0, 0.05) is 25.0 Å². The highest BCUT2D eigenvalue weighted by atomic mass is 16.5. The van der Waals surface area contributed by atoms with E-state index in [2.05, 4.69) is 17.0 Å². The largest absolute Gasteiger partial charge is 0.511 e. The maximum Gasteiger partial charge on any atom is 0.338 e. The van der Waals surface area contributed by atoms with Crippen LogP contribution in [-0.2, 0) is 20.9 Å². The van der Waals surface area contributed by atoms with Crippen LogP contribution in [0.5, 0.6) is 0 Å². The summed E-state index contributed by atoms with van der Waals surface area (Å²) >= 11 is 0. The van der Waals surface area contributed by atoms with Gasteiger partial charge in [-0.1, -0.05) is 30.3 Å². The molecule has 1 aromatic rings. The van der Waals surface area contributed by atoms with Crippen molar-refractivity contribution in [2.24, 2.45) is 5.92 Å². The molecule has 1 unspecified atom stereocenters. The number of fused-ring (bicyclic) bond motifs is 2. The van der Waals surface area contributed by atoms with Crippen LogP contribution in [0, 0.1) is 5.92 Å². The number of benzene rings is 1. The average molecular weight is 331 g/mol. The first-order valence-corrected chi connectivity index (χ1v) is 8.64. The van der Waals surface area contributed by atoms with E-state index in [1.807, 2.05) is 18.2 Å². The molecule has 24 heavy (non-hydrogen) atoms. The van der Waals surface area contributed by atoms with Crippen molar-refractivity contribution in [3.05, 3.63) is 47.2 Å². The third kappa shape index (κ3) is 3.79. The second-order valence-corrected chi connectivity index (χ2v) is 6.44. The molecule has 0 aromatic heterocycles. The van der Waals surface area contributed by atoms with Crippen LogP contribution >= 0.6 is 0 Å². The summed E-state index contributed by atoms with van der Waals surface area (Å²) in [5.74, 6) is -0.118. The van der Waals surface area contributed by atoms with Crippen LogP contribution < -0.4 is 0 Å². The van der Waals surface area contributed by atoms with Gasteiger partial charge in [-0.2, -0.15) is 0 Å². The molecule has 1 N–H and O–H groups in total. The van der Waals surface area contributed by atoms with Crippen LogP contribution in [0.2, 0.25) is 0 Å². The lowest BCUT2D eigenvalue weighted by Crippen LogP contribution is -2.51. The summed E-state index contributed by atoms with van der Waals surface area (Å²) in [6.07, 6.45) is 1.85. The van der Waals surface area contributed by atoms with Crippen molar-refractivity contribution in [3.63, 3.8) is 0 Å². The highest BCUT2D eigenvalue weighted by Gasteiger charge is 2.38. The van der Waals surface area contributed by atoms with E-state index in [-0.39, 0.29) is 17.7 Å². The molecule has 3 atom stereocenters. The Morgan fingerprint density at radius 2 is 2.08 bits per heavy atom. The zero-order valence-electron chi connectivity index (χ0n) is 14.1. The SMILES string of the molecule is CCOC(=O)C1=C(O)[C@H]2CC[C@@H](COCc3ccccc3)N(C1)C2. The van der Waals surface area contributed by atoms with Gasteiger partial charge in [0.1, 0.15) is 5.76 Å².